The van der Waals surface area contributed by atoms with Crippen LogP contribution in [0.5, 0.6) is 0 Å². The van der Waals surface area contributed by atoms with Gasteiger partial charge in [0.2, 0.25) is 33.0 Å². The fraction of sp³-hybridized carbons (Fsp3) is 0.500. The van der Waals surface area contributed by atoms with Gasteiger partial charge in [0.1, 0.15) is 0 Å². The van der Waals surface area contributed by atoms with Crippen LogP contribution in [0.25, 0.3) is 0 Å². The standard InChI is InChI=1S/3C2H4O2.3Al.2H2N.H2O4S/c3*1-2(3)4;;;;;;1-5(2,3)4/h3*1H3,(H,3,4);;;;2*1H2;(H2,1,2,3,4)/q;;;2*+1;+3;2*-1;/p-3. The third kappa shape index (κ3) is 170000. The molecule has 0 fully saturated rings. The van der Waals surface area contributed by atoms with Crippen molar-refractivity contribution >= 4 is 78.7 Å². The summed E-state index contributed by atoms with van der Waals surface area (Å²) in [5.74, 6) is -2.75. The summed E-state index contributed by atoms with van der Waals surface area (Å²) in [5, 5.41) is 23.7. The first-order valence-corrected chi connectivity index (χ1v) is 6.76. The summed E-state index contributed by atoms with van der Waals surface area (Å²) in [6, 6.07) is 0. The molecule has 124 valence electrons. The molecule has 0 aromatic heterocycles. The quantitative estimate of drug-likeness (QED) is 0.173. The zero-order valence-electron chi connectivity index (χ0n) is 12.0. The molecule has 0 aromatic rings. The predicted octanol–water partition coefficient (Wildman–Crippen LogP) is -4.72. The second-order valence-corrected chi connectivity index (χ2v) is 2.75. The Morgan fingerprint density at radius 1 is 0.864 bits per heavy atom. The van der Waals surface area contributed by atoms with Gasteiger partial charge in [-0.15, -0.1) is 0 Å². The Labute approximate surface area is 155 Å². The minimum atomic E-state index is -5.17. The topological polar surface area (TPSA) is 247 Å². The van der Waals surface area contributed by atoms with Gasteiger partial charge < -0.3 is 38.7 Å². The smallest absolute Gasteiger partial charge is 0.759 e. The van der Waals surface area contributed by atoms with Crippen LogP contribution in [-0.4, -0.2) is 96.0 Å². The summed E-state index contributed by atoms with van der Waals surface area (Å²) in [5.41, 5.74) is 0. The van der Waals surface area contributed by atoms with E-state index in [1.165, 1.54) is 0 Å². The van der Waals surface area contributed by atoms with Crippen LogP contribution in [0, 0.1) is 0 Å². The van der Waals surface area contributed by atoms with E-state index in [0.29, 0.717) is 0 Å². The molecule has 0 heterocycles. The number of nitrogens with two attached hydrogens (primary N) is 2. The Kier molecular flexibility index (Phi) is 72.9. The second-order valence-electron chi connectivity index (χ2n) is 1.94. The predicted molar refractivity (Wildman–Crippen MR) is 73.4 cm³/mol. The molecule has 0 aliphatic heterocycles. The van der Waals surface area contributed by atoms with Crippen LogP contribution in [0.1, 0.15) is 20.8 Å². The molecule has 0 aliphatic rings. The summed E-state index contributed by atoms with van der Waals surface area (Å²) in [6.45, 7) is 3.14. The van der Waals surface area contributed by atoms with Crippen molar-refractivity contribution in [2.45, 2.75) is 20.8 Å². The molecule has 0 saturated heterocycles. The van der Waals surface area contributed by atoms with Gasteiger partial charge in [-0.05, 0) is 6.92 Å². The maximum absolute atomic E-state index is 9.00. The summed E-state index contributed by atoms with van der Waals surface area (Å²) < 4.78 is 42.9. The van der Waals surface area contributed by atoms with Gasteiger partial charge >= 0.3 is 17.4 Å². The van der Waals surface area contributed by atoms with Crippen molar-refractivity contribution in [3.8, 4) is 0 Å². The molecule has 0 aromatic carbocycles. The van der Waals surface area contributed by atoms with E-state index in [1.807, 2.05) is 33.0 Å². The molecule has 0 aliphatic carbocycles. The van der Waals surface area contributed by atoms with Gasteiger partial charge in [0.25, 0.3) is 11.9 Å². The van der Waals surface area contributed by atoms with Crippen molar-refractivity contribution in [3.05, 3.63) is 0 Å². The van der Waals surface area contributed by atoms with Crippen LogP contribution in [0.2, 0.25) is 0 Å². The van der Waals surface area contributed by atoms with E-state index in [4.69, 9.17) is 47.2 Å². The molecule has 0 amide bonds. The molecule has 6 N–H and O–H groups in total. The van der Waals surface area contributed by atoms with Crippen molar-refractivity contribution in [3.63, 3.8) is 0 Å². The number of aliphatic carboxylic acids is 3. The zero-order valence-corrected chi connectivity index (χ0v) is 16.2. The summed E-state index contributed by atoms with van der Waals surface area (Å²) in [6.07, 6.45) is 0. The minimum Gasteiger partial charge on any atom is -0.759 e. The van der Waals surface area contributed by atoms with Crippen molar-refractivity contribution in [1.82, 2.24) is 0 Å². The molecule has 0 rings (SSSR count). The van der Waals surface area contributed by atoms with Crippen molar-refractivity contribution in [2.75, 3.05) is 0 Å². The molecule has 16 heteroatoms. The first-order valence-electron chi connectivity index (χ1n) is 4.10. The van der Waals surface area contributed by atoms with E-state index < -0.39 is 28.3 Å². The molecule has 12 nitrogen and oxygen atoms in total. The maximum atomic E-state index is 9.00. The Morgan fingerprint density at radius 2 is 0.864 bits per heavy atom. The Balaban J connectivity index is -0.0000000251. The van der Waals surface area contributed by atoms with Gasteiger partial charge in [-0.3, -0.25) is 18.0 Å². The average molecular weight is 388 g/mol. The van der Waals surface area contributed by atoms with Crippen LogP contribution in [0.3, 0.4) is 0 Å². The van der Waals surface area contributed by atoms with Crippen molar-refractivity contribution in [1.29, 1.82) is 0 Å². The summed E-state index contributed by atoms with van der Waals surface area (Å²) in [7, 11) is -5.17. The van der Waals surface area contributed by atoms with E-state index in [2.05, 4.69) is 9.43 Å². The van der Waals surface area contributed by atoms with E-state index in [0.717, 1.165) is 20.8 Å². The first kappa shape index (κ1) is 43.1. The van der Waals surface area contributed by atoms with Crippen molar-refractivity contribution < 1.29 is 47.2 Å². The molecule has 22 heavy (non-hydrogen) atoms. The zero-order chi connectivity index (χ0) is 19.2. The Hall–Kier alpha value is -0.203. The fourth-order valence-electron chi connectivity index (χ4n) is 0. The number of carboxylic acid groups (broad SMARTS) is 3. The Bertz CT molecular complexity index is 289. The SMILES string of the molecule is CC(=O)O.CC(=O)O.CC(=O)[O-].O=S(=O)([O-])[O-].[Al+3].[NH2][Al].[NH2][Al]. The van der Waals surface area contributed by atoms with Gasteiger partial charge in [-0.1, -0.05) is 0 Å². The van der Waals surface area contributed by atoms with Gasteiger partial charge in [0.15, 0.2) is 0 Å². The van der Waals surface area contributed by atoms with E-state index >= 15 is 0 Å². The second kappa shape index (κ2) is 37.2. The largest absolute Gasteiger partial charge is 3.00 e. The van der Waals surface area contributed by atoms with Gasteiger partial charge in [0, 0.05) is 30.2 Å². The number of hydrogen-bond donors (Lipinski definition) is 4. The minimum absolute atomic E-state index is 0. The number of carbonyl (C=O) groups is 3. The first-order chi connectivity index (χ1) is 9.20. The van der Waals surface area contributed by atoms with Crippen LogP contribution < -0.4 is 14.5 Å². The number of rotatable bonds is 0. The van der Waals surface area contributed by atoms with E-state index in [9.17, 15) is 0 Å². The maximum Gasteiger partial charge on any atom is 3.00 e. The average Bonchev–Trinajstić information content (AvgIpc) is 2.17. The molecule has 0 saturated carbocycles. The Morgan fingerprint density at radius 3 is 0.864 bits per heavy atom. The van der Waals surface area contributed by atoms with E-state index in [1.54, 1.807) is 0 Å². The van der Waals surface area contributed by atoms with Crippen LogP contribution in [0.4, 0.5) is 0 Å². The molecule has 0 bridgehead atoms. The normalized spacial score (nSPS) is 6.50. The molecule has 0 spiro atoms. The summed E-state index contributed by atoms with van der Waals surface area (Å²) >= 11 is 3.83. The van der Waals surface area contributed by atoms with E-state index in [-0.39, 0.29) is 17.4 Å². The van der Waals surface area contributed by atoms with Crippen LogP contribution in [0.15, 0.2) is 0 Å². The third-order valence-corrected chi connectivity index (χ3v) is 0. The molecular formula is C6H15Al3N2O10S. The van der Waals surface area contributed by atoms with Crippen LogP contribution >= 0.6 is 0 Å². The molecule has 4 radical (unpaired) electrons. The van der Waals surface area contributed by atoms with Crippen LogP contribution in [-0.2, 0) is 24.8 Å². The van der Waals surface area contributed by atoms with Gasteiger partial charge in [-0.2, -0.15) is 0 Å². The summed E-state index contributed by atoms with van der Waals surface area (Å²) in [4.78, 5) is 26.9. The third-order valence-electron chi connectivity index (χ3n) is 0. The van der Waals surface area contributed by atoms with Gasteiger partial charge in [0.05, 0.1) is 0 Å². The number of carboxylic acids is 3. The fourth-order valence-corrected chi connectivity index (χ4v) is 0. The molecule has 0 atom stereocenters. The van der Waals surface area contributed by atoms with Gasteiger partial charge in [-0.25, -0.2) is 0 Å². The number of carbonyl (C=O) groups excluding carboxylic acids is 1. The number of hydrogen-bond acceptors (Lipinski definition) is 10. The molecular weight excluding hydrogens is 373 g/mol. The molecule has 0 unspecified atom stereocenters. The van der Waals surface area contributed by atoms with Crippen molar-refractivity contribution in [2.24, 2.45) is 9.43 Å². The monoisotopic (exact) mass is 388 g/mol.